The molecule has 0 aromatic carbocycles. The van der Waals surface area contributed by atoms with Crippen molar-refractivity contribution in [3.05, 3.63) is 36.5 Å². The van der Waals surface area contributed by atoms with E-state index in [-0.39, 0.29) is 0 Å². The van der Waals surface area contributed by atoms with Crippen LogP contribution >= 0.6 is 0 Å². The van der Waals surface area contributed by atoms with Gasteiger partial charge in [0.2, 0.25) is 0 Å². The lowest BCUT2D eigenvalue weighted by Gasteiger charge is -1.88. The van der Waals surface area contributed by atoms with Crippen molar-refractivity contribution < 1.29 is 0 Å². The number of allylic oxidation sites excluding steroid dienone is 4. The van der Waals surface area contributed by atoms with E-state index in [1.165, 1.54) is 11.1 Å². The summed E-state index contributed by atoms with van der Waals surface area (Å²) >= 11 is 0. The third-order valence-corrected chi connectivity index (χ3v) is 1.17. The highest BCUT2D eigenvalue weighted by molar-refractivity contribution is 5.02. The molecule has 12 heavy (non-hydrogen) atoms. The molecule has 0 saturated heterocycles. The third kappa shape index (κ3) is 35.0. The van der Waals surface area contributed by atoms with Crippen LogP contribution in [-0.4, -0.2) is 0 Å². The lowest BCUT2D eigenvalue weighted by Crippen LogP contribution is -1.66. The molecular formula is C12H24. The van der Waals surface area contributed by atoms with Crippen molar-refractivity contribution in [1.82, 2.24) is 0 Å². The van der Waals surface area contributed by atoms with Crippen LogP contribution in [0.4, 0.5) is 0 Å². The largest absolute Gasteiger partial charge is 0.0991 e. The first kappa shape index (κ1) is 17.3. The zero-order valence-electron chi connectivity index (χ0n) is 9.57. The zero-order valence-corrected chi connectivity index (χ0v) is 9.57. The van der Waals surface area contributed by atoms with E-state index in [1.54, 1.807) is 12.2 Å². The van der Waals surface area contributed by atoms with E-state index in [0.29, 0.717) is 0 Å². The minimum atomic E-state index is 1.43. The summed E-state index contributed by atoms with van der Waals surface area (Å²) in [6.45, 7) is 19.2. The molecular weight excluding hydrogens is 144 g/mol. The van der Waals surface area contributed by atoms with Crippen molar-refractivity contribution in [1.29, 1.82) is 0 Å². The van der Waals surface area contributed by atoms with Crippen LogP contribution in [0.1, 0.15) is 41.5 Å². The minimum absolute atomic E-state index is 1.43. The van der Waals surface area contributed by atoms with Crippen molar-refractivity contribution in [2.45, 2.75) is 41.5 Å². The van der Waals surface area contributed by atoms with Crippen LogP contribution in [0.15, 0.2) is 36.5 Å². The number of rotatable bonds is 1. The first-order valence-electron chi connectivity index (χ1n) is 4.40. The molecule has 0 heteroatoms. The quantitative estimate of drug-likeness (QED) is 0.391. The van der Waals surface area contributed by atoms with E-state index < -0.39 is 0 Å². The first-order valence-corrected chi connectivity index (χ1v) is 4.40. The highest BCUT2D eigenvalue weighted by Gasteiger charge is 1.75. The first-order chi connectivity index (χ1) is 5.56. The van der Waals surface area contributed by atoms with Gasteiger partial charge in [0.15, 0.2) is 0 Å². The second-order valence-electron chi connectivity index (χ2n) is 2.47. The van der Waals surface area contributed by atoms with Gasteiger partial charge in [0, 0.05) is 0 Å². The molecule has 0 amide bonds. The van der Waals surface area contributed by atoms with Crippen LogP contribution in [0.3, 0.4) is 0 Å². The summed E-state index contributed by atoms with van der Waals surface area (Å²) in [4.78, 5) is 0. The molecule has 0 aliphatic carbocycles. The lowest BCUT2D eigenvalue weighted by atomic mass is 10.2. The summed E-state index contributed by atoms with van der Waals surface area (Å²) in [5, 5.41) is 0. The van der Waals surface area contributed by atoms with Crippen LogP contribution in [-0.2, 0) is 0 Å². The molecule has 0 unspecified atom stereocenters. The predicted molar refractivity (Wildman–Crippen MR) is 61.5 cm³/mol. The van der Waals surface area contributed by atoms with Gasteiger partial charge in [-0.1, -0.05) is 50.3 Å². The van der Waals surface area contributed by atoms with Crippen LogP contribution in [0.25, 0.3) is 0 Å². The average Bonchev–Trinajstić information content (AvgIpc) is 2.08. The van der Waals surface area contributed by atoms with Crippen LogP contribution < -0.4 is 0 Å². The Morgan fingerprint density at radius 2 is 0.917 bits per heavy atom. The van der Waals surface area contributed by atoms with Gasteiger partial charge in [0.05, 0.1) is 0 Å². The molecule has 0 nitrogen and oxygen atoms in total. The van der Waals surface area contributed by atoms with E-state index in [9.17, 15) is 0 Å². The molecule has 0 spiro atoms. The Bertz CT molecular complexity index is 103. The Balaban J connectivity index is -0.000000118. The Morgan fingerprint density at radius 1 is 0.750 bits per heavy atom. The number of hydrogen-bond acceptors (Lipinski definition) is 0. The van der Waals surface area contributed by atoms with Crippen molar-refractivity contribution in [2.24, 2.45) is 0 Å². The zero-order chi connectivity index (χ0) is 10.6. The Hall–Kier alpha value is -0.780. The van der Waals surface area contributed by atoms with Gasteiger partial charge in [0.25, 0.3) is 0 Å². The van der Waals surface area contributed by atoms with Crippen LogP contribution in [0.5, 0.6) is 0 Å². The van der Waals surface area contributed by atoms with Crippen molar-refractivity contribution in [3.8, 4) is 0 Å². The summed E-state index contributed by atoms with van der Waals surface area (Å²) in [5.74, 6) is 0. The Labute approximate surface area is 78.7 Å². The average molecular weight is 168 g/mol. The standard InChI is InChI=1S/C6H12.C4H6.C2H6/c1-5(2)6(3)4;1-3-4-2;1-2/h1-4H3;3-4H,1-2H2;1-2H3. The molecule has 0 saturated carbocycles. The second-order valence-corrected chi connectivity index (χ2v) is 2.47. The maximum Gasteiger partial charge on any atom is -0.0440 e. The smallest absolute Gasteiger partial charge is 0.0440 e. The summed E-state index contributed by atoms with van der Waals surface area (Å²) < 4.78 is 0. The third-order valence-electron chi connectivity index (χ3n) is 1.17. The van der Waals surface area contributed by atoms with E-state index in [2.05, 4.69) is 40.9 Å². The molecule has 0 aliphatic rings. The molecule has 0 heterocycles. The molecule has 0 aromatic heterocycles. The van der Waals surface area contributed by atoms with Gasteiger partial charge in [0.1, 0.15) is 0 Å². The topological polar surface area (TPSA) is 0 Å². The SMILES string of the molecule is C=CC=C.CC.CC(C)=C(C)C. The van der Waals surface area contributed by atoms with Crippen molar-refractivity contribution in [2.75, 3.05) is 0 Å². The maximum atomic E-state index is 3.36. The van der Waals surface area contributed by atoms with E-state index in [0.717, 1.165) is 0 Å². The molecule has 0 radical (unpaired) electrons. The summed E-state index contributed by atoms with van der Waals surface area (Å²) in [7, 11) is 0. The van der Waals surface area contributed by atoms with Gasteiger partial charge in [-0.15, -0.1) is 0 Å². The van der Waals surface area contributed by atoms with E-state index in [4.69, 9.17) is 0 Å². The normalized spacial score (nSPS) is 6.17. The summed E-state index contributed by atoms with van der Waals surface area (Å²) in [6.07, 6.45) is 3.28. The van der Waals surface area contributed by atoms with Crippen molar-refractivity contribution in [3.63, 3.8) is 0 Å². The van der Waals surface area contributed by atoms with Gasteiger partial charge in [-0.05, 0) is 27.7 Å². The van der Waals surface area contributed by atoms with Crippen LogP contribution in [0, 0.1) is 0 Å². The Kier molecular flexibility index (Phi) is 24.1. The van der Waals surface area contributed by atoms with Crippen molar-refractivity contribution >= 4 is 0 Å². The summed E-state index contributed by atoms with van der Waals surface area (Å²) in [5.41, 5.74) is 2.85. The second kappa shape index (κ2) is 16.7. The molecule has 0 aliphatic heterocycles. The molecule has 0 bridgehead atoms. The van der Waals surface area contributed by atoms with E-state index >= 15 is 0 Å². The minimum Gasteiger partial charge on any atom is -0.0991 e. The monoisotopic (exact) mass is 168 g/mol. The fourth-order valence-electron chi connectivity index (χ4n) is 0. The molecule has 0 N–H and O–H groups in total. The van der Waals surface area contributed by atoms with Crippen LogP contribution in [0.2, 0.25) is 0 Å². The highest BCUT2D eigenvalue weighted by atomic mass is 13.8. The molecule has 0 rings (SSSR count). The predicted octanol–water partition coefficient (Wildman–Crippen LogP) is 4.75. The van der Waals surface area contributed by atoms with Gasteiger partial charge < -0.3 is 0 Å². The van der Waals surface area contributed by atoms with E-state index in [1.807, 2.05) is 13.8 Å². The van der Waals surface area contributed by atoms with Gasteiger partial charge in [-0.25, -0.2) is 0 Å². The highest BCUT2D eigenvalue weighted by Crippen LogP contribution is 1.96. The van der Waals surface area contributed by atoms with Gasteiger partial charge in [-0.2, -0.15) is 0 Å². The Morgan fingerprint density at radius 3 is 0.917 bits per heavy atom. The summed E-state index contributed by atoms with van der Waals surface area (Å²) in [6, 6.07) is 0. The maximum absolute atomic E-state index is 3.36. The molecule has 0 aromatic rings. The number of hydrogen-bond donors (Lipinski definition) is 0. The fourth-order valence-corrected chi connectivity index (χ4v) is 0. The van der Waals surface area contributed by atoms with Gasteiger partial charge in [-0.3, -0.25) is 0 Å². The fraction of sp³-hybridized carbons (Fsp3) is 0.500. The molecule has 0 fully saturated rings. The lowest BCUT2D eigenvalue weighted by molar-refractivity contribution is 1.23. The molecule has 72 valence electrons. The molecule has 0 atom stereocenters. The van der Waals surface area contributed by atoms with Gasteiger partial charge >= 0.3 is 0 Å².